The Hall–Kier alpha value is -3.27. The third-order valence-electron chi connectivity index (χ3n) is 3.55. The number of nitrogens with zero attached hydrogens (tertiary/aromatic N) is 3. The number of rotatable bonds is 8. The van der Waals surface area contributed by atoms with Crippen LogP contribution in [0.3, 0.4) is 0 Å². The van der Waals surface area contributed by atoms with Crippen LogP contribution in [0.15, 0.2) is 53.6 Å². The highest BCUT2D eigenvalue weighted by molar-refractivity contribution is 7.71. The molecule has 0 radical (unpaired) electrons. The van der Waals surface area contributed by atoms with Gasteiger partial charge in [0.2, 0.25) is 4.77 Å². The molecule has 0 fully saturated rings. The third kappa shape index (κ3) is 5.13. The first-order valence-electron chi connectivity index (χ1n) is 8.07. The van der Waals surface area contributed by atoms with Gasteiger partial charge in [-0.05, 0) is 54.2 Å². The van der Waals surface area contributed by atoms with Crippen molar-refractivity contribution in [1.29, 1.82) is 0 Å². The lowest BCUT2D eigenvalue weighted by Gasteiger charge is -2.07. The quantitative estimate of drug-likeness (QED) is 0.452. The molecule has 0 aliphatic carbocycles. The van der Waals surface area contributed by atoms with Gasteiger partial charge < -0.3 is 14.2 Å². The minimum Gasteiger partial charge on any atom is -0.497 e. The van der Waals surface area contributed by atoms with Gasteiger partial charge in [-0.3, -0.25) is 0 Å². The summed E-state index contributed by atoms with van der Waals surface area (Å²) in [5, 5.41) is 11.0. The lowest BCUT2D eigenvalue weighted by molar-refractivity contribution is -0.0498. The van der Waals surface area contributed by atoms with E-state index in [1.165, 1.54) is 23.0 Å². The van der Waals surface area contributed by atoms with Gasteiger partial charge in [-0.15, -0.1) is 0 Å². The maximum atomic E-state index is 12.2. The van der Waals surface area contributed by atoms with Gasteiger partial charge in [0.1, 0.15) is 23.9 Å². The molecule has 0 saturated heterocycles. The summed E-state index contributed by atoms with van der Waals surface area (Å²) in [6.07, 6.45) is 1.52. The number of hydrogen-bond acceptors (Lipinski definition) is 6. The molecule has 0 aliphatic rings. The average Bonchev–Trinajstić information content (AvgIpc) is 3.05. The predicted molar refractivity (Wildman–Crippen MR) is 101 cm³/mol. The van der Waals surface area contributed by atoms with E-state index in [-0.39, 0.29) is 17.1 Å². The maximum absolute atomic E-state index is 12.2. The normalized spacial score (nSPS) is 11.1. The first-order valence-corrected chi connectivity index (χ1v) is 8.48. The number of aromatic nitrogens is 3. The molecule has 146 valence electrons. The standard InChI is InChI=1S/C18H16F2N4O3S/c1-25-14-3-2-4-15(9-14)26-11-16-22-23-18(28)24(16)21-10-12-5-7-13(8-6-12)27-17(19)20/h2-10,17H,11H2,1H3,(H,23,28)/b21-10-. The number of ether oxygens (including phenoxy) is 3. The number of halogens is 2. The molecule has 0 saturated carbocycles. The van der Waals surface area contributed by atoms with Crippen LogP contribution in [0.25, 0.3) is 0 Å². The monoisotopic (exact) mass is 406 g/mol. The molecule has 3 rings (SSSR count). The zero-order valence-electron chi connectivity index (χ0n) is 14.7. The van der Waals surface area contributed by atoms with Gasteiger partial charge in [-0.2, -0.15) is 23.7 Å². The van der Waals surface area contributed by atoms with Crippen molar-refractivity contribution in [3.63, 3.8) is 0 Å². The largest absolute Gasteiger partial charge is 0.497 e. The minimum atomic E-state index is -2.86. The molecule has 3 aromatic rings. The molecule has 1 N–H and O–H groups in total. The van der Waals surface area contributed by atoms with Gasteiger partial charge in [0.15, 0.2) is 5.82 Å². The third-order valence-corrected chi connectivity index (χ3v) is 3.82. The van der Waals surface area contributed by atoms with E-state index in [1.54, 1.807) is 31.4 Å². The summed E-state index contributed by atoms with van der Waals surface area (Å²) in [4.78, 5) is 0. The fourth-order valence-electron chi connectivity index (χ4n) is 2.24. The van der Waals surface area contributed by atoms with Gasteiger partial charge >= 0.3 is 6.61 Å². The minimum absolute atomic E-state index is 0.0689. The van der Waals surface area contributed by atoms with E-state index in [9.17, 15) is 8.78 Å². The fourth-order valence-corrected chi connectivity index (χ4v) is 2.43. The van der Waals surface area contributed by atoms with Crippen LogP contribution in [0.1, 0.15) is 11.4 Å². The van der Waals surface area contributed by atoms with Gasteiger partial charge in [-0.25, -0.2) is 5.10 Å². The van der Waals surface area contributed by atoms with E-state index in [0.717, 1.165) is 0 Å². The smallest absolute Gasteiger partial charge is 0.387 e. The van der Waals surface area contributed by atoms with Crippen molar-refractivity contribution in [2.24, 2.45) is 5.10 Å². The highest BCUT2D eigenvalue weighted by Gasteiger charge is 2.07. The first kappa shape index (κ1) is 19.5. The molecule has 0 atom stereocenters. The second kappa shape index (κ2) is 9.09. The Morgan fingerprint density at radius 2 is 1.93 bits per heavy atom. The van der Waals surface area contributed by atoms with E-state index in [2.05, 4.69) is 20.0 Å². The molecule has 0 aliphatic heterocycles. The molecule has 28 heavy (non-hydrogen) atoms. The van der Waals surface area contributed by atoms with Crippen molar-refractivity contribution in [1.82, 2.24) is 14.9 Å². The summed E-state index contributed by atoms with van der Waals surface area (Å²) in [6.45, 7) is -2.74. The van der Waals surface area contributed by atoms with Crippen LogP contribution in [0, 0.1) is 4.77 Å². The fraction of sp³-hybridized carbons (Fsp3) is 0.167. The van der Waals surface area contributed by atoms with Crippen LogP contribution < -0.4 is 14.2 Å². The van der Waals surface area contributed by atoms with Crippen molar-refractivity contribution < 1.29 is 23.0 Å². The summed E-state index contributed by atoms with van der Waals surface area (Å²) in [6, 6.07) is 13.2. The molecule has 10 heteroatoms. The average molecular weight is 406 g/mol. The lowest BCUT2D eigenvalue weighted by Crippen LogP contribution is -2.04. The Bertz CT molecular complexity index is 1000. The Morgan fingerprint density at radius 3 is 2.64 bits per heavy atom. The first-order chi connectivity index (χ1) is 13.5. The van der Waals surface area contributed by atoms with E-state index < -0.39 is 6.61 Å². The molecule has 7 nitrogen and oxygen atoms in total. The Labute approximate surface area is 164 Å². The van der Waals surface area contributed by atoms with Crippen LogP contribution in [0.2, 0.25) is 0 Å². The topological polar surface area (TPSA) is 73.7 Å². The highest BCUT2D eigenvalue weighted by atomic mass is 32.1. The molecule has 2 aromatic carbocycles. The summed E-state index contributed by atoms with van der Waals surface area (Å²) in [5.41, 5.74) is 0.671. The number of alkyl halides is 2. The highest BCUT2D eigenvalue weighted by Crippen LogP contribution is 2.20. The van der Waals surface area contributed by atoms with Crippen molar-refractivity contribution in [3.8, 4) is 17.2 Å². The molecule has 0 unspecified atom stereocenters. The summed E-state index contributed by atoms with van der Waals surface area (Å²) in [5.74, 6) is 1.81. The van der Waals surface area contributed by atoms with Gasteiger partial charge in [-0.1, -0.05) is 6.07 Å². The zero-order valence-corrected chi connectivity index (χ0v) is 15.5. The number of aromatic amines is 1. The second-order valence-corrected chi connectivity index (χ2v) is 5.80. The Morgan fingerprint density at radius 1 is 1.18 bits per heavy atom. The lowest BCUT2D eigenvalue weighted by atomic mass is 10.2. The van der Waals surface area contributed by atoms with Crippen LogP contribution in [-0.2, 0) is 6.61 Å². The van der Waals surface area contributed by atoms with Crippen molar-refractivity contribution in [2.45, 2.75) is 13.2 Å². The Balaban J connectivity index is 1.70. The van der Waals surface area contributed by atoms with Gasteiger partial charge in [0, 0.05) is 6.07 Å². The van der Waals surface area contributed by atoms with E-state index in [4.69, 9.17) is 21.7 Å². The number of methoxy groups -OCH3 is 1. The van der Waals surface area contributed by atoms with E-state index in [0.29, 0.717) is 22.9 Å². The van der Waals surface area contributed by atoms with Crippen LogP contribution in [-0.4, -0.2) is 34.8 Å². The second-order valence-electron chi connectivity index (χ2n) is 5.42. The molecule has 0 bridgehead atoms. The Kier molecular flexibility index (Phi) is 6.33. The number of benzene rings is 2. The van der Waals surface area contributed by atoms with Gasteiger partial charge in [0.05, 0.1) is 13.3 Å². The molecule has 0 spiro atoms. The van der Waals surface area contributed by atoms with Crippen LogP contribution in [0.4, 0.5) is 8.78 Å². The molecule has 1 heterocycles. The zero-order chi connectivity index (χ0) is 19.9. The van der Waals surface area contributed by atoms with E-state index in [1.807, 2.05) is 12.1 Å². The summed E-state index contributed by atoms with van der Waals surface area (Å²) >= 11 is 5.18. The van der Waals surface area contributed by atoms with Crippen LogP contribution >= 0.6 is 12.2 Å². The maximum Gasteiger partial charge on any atom is 0.387 e. The molecular weight excluding hydrogens is 390 g/mol. The van der Waals surface area contributed by atoms with E-state index >= 15 is 0 Å². The molecule has 0 amide bonds. The summed E-state index contributed by atoms with van der Waals surface area (Å²) in [7, 11) is 1.57. The van der Waals surface area contributed by atoms with Crippen molar-refractivity contribution in [3.05, 3.63) is 64.7 Å². The molecule has 1 aromatic heterocycles. The van der Waals surface area contributed by atoms with Crippen molar-refractivity contribution >= 4 is 18.4 Å². The van der Waals surface area contributed by atoms with Crippen molar-refractivity contribution in [2.75, 3.05) is 7.11 Å². The SMILES string of the molecule is COc1cccc(OCc2n[nH]c(=S)n2/N=C\c2ccc(OC(F)F)cc2)c1. The number of H-pyrrole nitrogens is 1. The molecular formula is C18H16F2N4O3S. The number of hydrogen-bond donors (Lipinski definition) is 1. The van der Waals surface area contributed by atoms with Gasteiger partial charge in [0.25, 0.3) is 0 Å². The summed E-state index contributed by atoms with van der Waals surface area (Å²) < 4.78 is 41.2. The van der Waals surface area contributed by atoms with Crippen LogP contribution in [0.5, 0.6) is 17.2 Å². The number of nitrogens with one attached hydrogen (secondary N) is 1. The predicted octanol–water partition coefficient (Wildman–Crippen LogP) is 4.01.